The summed E-state index contributed by atoms with van der Waals surface area (Å²) in [4.78, 5) is 0. The zero-order valence-electron chi connectivity index (χ0n) is 7.94. The van der Waals surface area contributed by atoms with Crippen molar-refractivity contribution in [1.82, 2.24) is 10.6 Å². The van der Waals surface area contributed by atoms with E-state index in [0.717, 1.165) is 39.4 Å². The molecule has 0 aromatic carbocycles. The second-order valence-electron chi connectivity index (χ2n) is 2.49. The summed E-state index contributed by atoms with van der Waals surface area (Å²) in [6, 6.07) is 0. The van der Waals surface area contributed by atoms with E-state index >= 15 is 0 Å². The summed E-state index contributed by atoms with van der Waals surface area (Å²) in [5.74, 6) is 0. The number of nitrogens with one attached hydrogen (secondary N) is 2. The lowest BCUT2D eigenvalue weighted by Gasteiger charge is -2.05. The van der Waals surface area contributed by atoms with Gasteiger partial charge in [0.1, 0.15) is 0 Å². The van der Waals surface area contributed by atoms with Gasteiger partial charge in [-0.25, -0.2) is 0 Å². The average molecular weight is 175 g/mol. The zero-order chi connectivity index (χ0) is 9.07. The molecule has 4 N–H and O–H groups in total. The molecular weight excluding hydrogens is 154 g/mol. The van der Waals surface area contributed by atoms with Crippen molar-refractivity contribution in [2.24, 2.45) is 5.73 Å². The Balaban J connectivity index is 2.73. The first kappa shape index (κ1) is 11.8. The molecule has 0 radical (unpaired) electrons. The Hall–Kier alpha value is -0.160. The van der Waals surface area contributed by atoms with Crippen LogP contribution in [0, 0.1) is 0 Å². The molecule has 0 fully saturated rings. The smallest absolute Gasteiger partial charge is 0.0590 e. The van der Waals surface area contributed by atoms with Crippen LogP contribution in [-0.4, -0.2) is 45.9 Å². The van der Waals surface area contributed by atoms with Gasteiger partial charge in [0.05, 0.1) is 6.61 Å². The van der Waals surface area contributed by atoms with E-state index in [0.29, 0.717) is 6.54 Å². The molecule has 0 amide bonds. The van der Waals surface area contributed by atoms with Gasteiger partial charge in [-0.05, 0) is 6.92 Å². The highest BCUT2D eigenvalue weighted by molar-refractivity contribution is 4.51. The van der Waals surface area contributed by atoms with Crippen molar-refractivity contribution in [1.29, 1.82) is 0 Å². The molecular formula is C8H21N3O. The highest BCUT2D eigenvalue weighted by atomic mass is 16.5. The summed E-state index contributed by atoms with van der Waals surface area (Å²) >= 11 is 0. The van der Waals surface area contributed by atoms with Crippen molar-refractivity contribution in [3.05, 3.63) is 0 Å². The van der Waals surface area contributed by atoms with Crippen LogP contribution >= 0.6 is 0 Å². The molecule has 0 aliphatic rings. The third-order valence-electron chi connectivity index (χ3n) is 1.43. The van der Waals surface area contributed by atoms with Gasteiger partial charge in [0.15, 0.2) is 0 Å². The van der Waals surface area contributed by atoms with Crippen LogP contribution < -0.4 is 16.4 Å². The summed E-state index contributed by atoms with van der Waals surface area (Å²) < 4.78 is 5.16. The molecule has 0 saturated heterocycles. The quantitative estimate of drug-likeness (QED) is 0.400. The molecule has 0 aliphatic carbocycles. The van der Waals surface area contributed by atoms with Crippen LogP contribution in [0.25, 0.3) is 0 Å². The lowest BCUT2D eigenvalue weighted by Crippen LogP contribution is -2.32. The van der Waals surface area contributed by atoms with Gasteiger partial charge in [-0.2, -0.15) is 0 Å². The number of ether oxygens (including phenoxy) is 1. The molecule has 0 aromatic rings. The van der Waals surface area contributed by atoms with Gasteiger partial charge < -0.3 is 21.1 Å². The third kappa shape index (κ3) is 9.84. The van der Waals surface area contributed by atoms with Gasteiger partial charge in [-0.15, -0.1) is 0 Å². The SMILES string of the molecule is CCOCCNCCNCCN. The van der Waals surface area contributed by atoms with Gasteiger partial charge in [-0.1, -0.05) is 0 Å². The van der Waals surface area contributed by atoms with E-state index in [9.17, 15) is 0 Å². The number of nitrogens with two attached hydrogens (primary N) is 1. The second-order valence-corrected chi connectivity index (χ2v) is 2.49. The summed E-state index contributed by atoms with van der Waals surface area (Å²) in [6.07, 6.45) is 0. The topological polar surface area (TPSA) is 59.3 Å². The van der Waals surface area contributed by atoms with E-state index in [-0.39, 0.29) is 0 Å². The maximum absolute atomic E-state index is 5.31. The average Bonchev–Trinajstić information content (AvgIpc) is 2.10. The molecule has 4 heteroatoms. The van der Waals surface area contributed by atoms with Crippen LogP contribution in [0.4, 0.5) is 0 Å². The first-order valence-electron chi connectivity index (χ1n) is 4.61. The predicted octanol–water partition coefficient (Wildman–Crippen LogP) is -0.839. The maximum atomic E-state index is 5.31. The minimum Gasteiger partial charge on any atom is -0.380 e. The molecule has 0 unspecified atom stereocenters. The monoisotopic (exact) mass is 175 g/mol. The molecule has 0 saturated carbocycles. The largest absolute Gasteiger partial charge is 0.380 e. The van der Waals surface area contributed by atoms with Crippen molar-refractivity contribution < 1.29 is 4.74 Å². The Morgan fingerprint density at radius 2 is 1.75 bits per heavy atom. The summed E-state index contributed by atoms with van der Waals surface area (Å²) in [7, 11) is 0. The molecule has 12 heavy (non-hydrogen) atoms. The molecule has 0 heterocycles. The van der Waals surface area contributed by atoms with Crippen LogP contribution in [0.3, 0.4) is 0 Å². The van der Waals surface area contributed by atoms with E-state index in [4.69, 9.17) is 10.5 Å². The molecule has 0 atom stereocenters. The Labute approximate surface area is 74.8 Å². The fraction of sp³-hybridized carbons (Fsp3) is 1.00. The highest BCUT2D eigenvalue weighted by Gasteiger charge is 1.86. The lowest BCUT2D eigenvalue weighted by molar-refractivity contribution is 0.149. The Kier molecular flexibility index (Phi) is 10.7. The maximum Gasteiger partial charge on any atom is 0.0590 e. The Morgan fingerprint density at radius 1 is 1.08 bits per heavy atom. The standard InChI is InChI=1S/C8H21N3O/c1-2-12-8-7-11-6-5-10-4-3-9/h10-11H,2-9H2,1H3. The van der Waals surface area contributed by atoms with Crippen LogP contribution in [0.15, 0.2) is 0 Å². The normalized spacial score (nSPS) is 10.5. The molecule has 0 bridgehead atoms. The van der Waals surface area contributed by atoms with Gasteiger partial charge in [0.2, 0.25) is 0 Å². The fourth-order valence-corrected chi connectivity index (χ4v) is 0.818. The van der Waals surface area contributed by atoms with Gasteiger partial charge in [0.25, 0.3) is 0 Å². The molecule has 0 spiro atoms. The molecule has 0 rings (SSSR count). The third-order valence-corrected chi connectivity index (χ3v) is 1.43. The van der Waals surface area contributed by atoms with Crippen LogP contribution in [0.1, 0.15) is 6.92 Å². The molecule has 74 valence electrons. The van der Waals surface area contributed by atoms with Crippen LogP contribution in [0.2, 0.25) is 0 Å². The minimum absolute atomic E-state index is 0.707. The van der Waals surface area contributed by atoms with E-state index < -0.39 is 0 Å². The predicted molar refractivity (Wildman–Crippen MR) is 51.3 cm³/mol. The van der Waals surface area contributed by atoms with E-state index in [1.54, 1.807) is 0 Å². The number of rotatable bonds is 9. The number of hydrogen-bond acceptors (Lipinski definition) is 4. The fourth-order valence-electron chi connectivity index (χ4n) is 0.818. The summed E-state index contributed by atoms with van der Waals surface area (Å²) in [5.41, 5.74) is 5.31. The van der Waals surface area contributed by atoms with Gasteiger partial charge >= 0.3 is 0 Å². The van der Waals surface area contributed by atoms with Crippen molar-refractivity contribution in [3.63, 3.8) is 0 Å². The minimum atomic E-state index is 0.707. The lowest BCUT2D eigenvalue weighted by atomic mass is 10.5. The molecule has 0 aliphatic heterocycles. The Bertz CT molecular complexity index is 70.7. The van der Waals surface area contributed by atoms with Crippen molar-refractivity contribution in [2.75, 3.05) is 45.9 Å². The first-order chi connectivity index (χ1) is 5.91. The zero-order valence-corrected chi connectivity index (χ0v) is 7.94. The van der Waals surface area contributed by atoms with Crippen LogP contribution in [0.5, 0.6) is 0 Å². The number of hydrogen-bond donors (Lipinski definition) is 3. The molecule has 4 nitrogen and oxygen atoms in total. The summed E-state index contributed by atoms with van der Waals surface area (Å²) in [6.45, 7) is 8.09. The Morgan fingerprint density at radius 3 is 2.33 bits per heavy atom. The highest BCUT2D eigenvalue weighted by Crippen LogP contribution is 1.69. The van der Waals surface area contributed by atoms with E-state index in [1.807, 2.05) is 6.92 Å². The first-order valence-corrected chi connectivity index (χ1v) is 4.61. The van der Waals surface area contributed by atoms with E-state index in [2.05, 4.69) is 10.6 Å². The van der Waals surface area contributed by atoms with Crippen molar-refractivity contribution >= 4 is 0 Å². The van der Waals surface area contributed by atoms with Crippen LogP contribution in [-0.2, 0) is 4.74 Å². The van der Waals surface area contributed by atoms with Gasteiger partial charge in [0, 0.05) is 39.3 Å². The van der Waals surface area contributed by atoms with Crippen molar-refractivity contribution in [3.8, 4) is 0 Å². The van der Waals surface area contributed by atoms with Crippen molar-refractivity contribution in [2.45, 2.75) is 6.92 Å². The summed E-state index contributed by atoms with van der Waals surface area (Å²) in [5, 5.41) is 6.45. The molecule has 0 aromatic heterocycles. The van der Waals surface area contributed by atoms with Gasteiger partial charge in [-0.3, -0.25) is 0 Å². The second kappa shape index (κ2) is 10.8. The van der Waals surface area contributed by atoms with E-state index in [1.165, 1.54) is 0 Å².